The van der Waals surface area contributed by atoms with E-state index in [0.717, 1.165) is 11.5 Å². The smallest absolute Gasteiger partial charge is 0.240 e. The molecule has 1 aromatic rings. The second kappa shape index (κ2) is 6.28. The zero-order valence-electron chi connectivity index (χ0n) is 10.0. The molecule has 0 radical (unpaired) electrons. The highest BCUT2D eigenvalue weighted by Crippen LogP contribution is 2.12. The number of nitrogens with one attached hydrogen (secondary N) is 1. The third-order valence-electron chi connectivity index (χ3n) is 2.12. The molecule has 0 bridgehead atoms. The Morgan fingerprint density at radius 2 is 1.94 bits per heavy atom. The number of sulfonamides is 1. The van der Waals surface area contributed by atoms with Gasteiger partial charge >= 0.3 is 0 Å². The van der Waals surface area contributed by atoms with Crippen molar-refractivity contribution in [1.29, 1.82) is 0 Å². The molecular weight excluding hydrogens is 256 g/mol. The second-order valence-corrected chi connectivity index (χ2v) is 6.78. The van der Waals surface area contributed by atoms with Crippen LogP contribution in [0, 0.1) is 0 Å². The van der Waals surface area contributed by atoms with Crippen LogP contribution in [0.3, 0.4) is 0 Å². The van der Waals surface area contributed by atoms with Crippen molar-refractivity contribution in [2.45, 2.75) is 24.8 Å². The summed E-state index contributed by atoms with van der Waals surface area (Å²) in [5.41, 5.74) is 6.07. The second-order valence-electron chi connectivity index (χ2n) is 3.75. The zero-order chi connectivity index (χ0) is 12.9. The highest BCUT2D eigenvalue weighted by Gasteiger charge is 2.16. The number of hydrogen-bond acceptors (Lipinski definition) is 4. The number of benzene rings is 1. The molecule has 96 valence electrons. The highest BCUT2D eigenvalue weighted by atomic mass is 32.2. The van der Waals surface area contributed by atoms with E-state index in [1.54, 1.807) is 23.9 Å². The van der Waals surface area contributed by atoms with Crippen LogP contribution in [0.15, 0.2) is 29.2 Å². The predicted octanol–water partition coefficient (Wildman–Crippen LogP) is 1.69. The van der Waals surface area contributed by atoms with Gasteiger partial charge in [0.25, 0.3) is 0 Å². The number of hydrogen-bond donors (Lipinski definition) is 2. The summed E-state index contributed by atoms with van der Waals surface area (Å²) in [5, 5.41) is 0. The number of thioether (sulfide) groups is 1. The molecular formula is C11H18N2O2S2. The van der Waals surface area contributed by atoms with Gasteiger partial charge in [0.2, 0.25) is 10.0 Å². The van der Waals surface area contributed by atoms with Crippen molar-refractivity contribution >= 4 is 27.5 Å². The fourth-order valence-corrected chi connectivity index (χ4v) is 3.33. The molecule has 3 N–H and O–H groups in total. The van der Waals surface area contributed by atoms with Crippen LogP contribution in [-0.4, -0.2) is 26.0 Å². The lowest BCUT2D eigenvalue weighted by atomic mass is 10.3. The Hall–Kier alpha value is -0.720. The largest absolute Gasteiger partial charge is 0.399 e. The lowest BCUT2D eigenvalue weighted by molar-refractivity contribution is 0.571. The van der Waals surface area contributed by atoms with E-state index >= 15 is 0 Å². The van der Waals surface area contributed by atoms with Gasteiger partial charge in [-0.15, -0.1) is 0 Å². The van der Waals surface area contributed by atoms with E-state index in [0.29, 0.717) is 5.69 Å². The summed E-state index contributed by atoms with van der Waals surface area (Å²) in [4.78, 5) is 0.250. The molecule has 0 amide bonds. The Bertz CT molecular complexity index is 443. The quantitative estimate of drug-likeness (QED) is 0.774. The molecule has 0 aromatic heterocycles. The zero-order valence-corrected chi connectivity index (χ0v) is 11.6. The molecule has 1 aromatic carbocycles. The molecule has 0 saturated carbocycles. The molecule has 6 heteroatoms. The van der Waals surface area contributed by atoms with Crippen LogP contribution in [-0.2, 0) is 10.0 Å². The molecule has 17 heavy (non-hydrogen) atoms. The summed E-state index contributed by atoms with van der Waals surface area (Å²) in [6.07, 6.45) is 0. The van der Waals surface area contributed by atoms with Gasteiger partial charge in [-0.1, -0.05) is 6.92 Å². The Kier molecular flexibility index (Phi) is 5.30. The van der Waals surface area contributed by atoms with Crippen molar-refractivity contribution in [3.63, 3.8) is 0 Å². The standard InChI is InChI=1S/C11H18N2O2S2/c1-3-16-8-9(2)13-17(14,15)11-6-4-10(12)5-7-11/h4-7,9,13H,3,8,12H2,1-2H3. The third kappa shape index (κ3) is 4.57. The van der Waals surface area contributed by atoms with Crippen molar-refractivity contribution in [3.8, 4) is 0 Å². The minimum absolute atomic E-state index is 0.0810. The van der Waals surface area contributed by atoms with E-state index in [9.17, 15) is 8.42 Å². The summed E-state index contributed by atoms with van der Waals surface area (Å²) >= 11 is 1.71. The molecule has 0 heterocycles. The van der Waals surface area contributed by atoms with E-state index in [1.807, 2.05) is 13.8 Å². The van der Waals surface area contributed by atoms with Crippen LogP contribution in [0.2, 0.25) is 0 Å². The Labute approximate surface area is 107 Å². The van der Waals surface area contributed by atoms with Crippen molar-refractivity contribution in [1.82, 2.24) is 4.72 Å². The van der Waals surface area contributed by atoms with Crippen LogP contribution in [0.5, 0.6) is 0 Å². The topological polar surface area (TPSA) is 72.2 Å². The van der Waals surface area contributed by atoms with E-state index in [-0.39, 0.29) is 10.9 Å². The van der Waals surface area contributed by atoms with E-state index < -0.39 is 10.0 Å². The SMILES string of the molecule is CCSCC(C)NS(=O)(=O)c1ccc(N)cc1. The summed E-state index contributed by atoms with van der Waals surface area (Å²) < 4.78 is 26.5. The first kappa shape index (κ1) is 14.3. The molecule has 0 saturated heterocycles. The van der Waals surface area contributed by atoms with Crippen LogP contribution in [0.25, 0.3) is 0 Å². The predicted molar refractivity (Wildman–Crippen MR) is 73.6 cm³/mol. The van der Waals surface area contributed by atoms with Crippen molar-refractivity contribution in [3.05, 3.63) is 24.3 Å². The fraction of sp³-hybridized carbons (Fsp3) is 0.455. The summed E-state index contributed by atoms with van der Waals surface area (Å²) in [6, 6.07) is 6.11. The first-order chi connectivity index (χ1) is 7.95. The fourth-order valence-electron chi connectivity index (χ4n) is 1.31. The normalized spacial score (nSPS) is 13.5. The number of nitrogens with two attached hydrogens (primary N) is 1. The number of anilines is 1. The molecule has 0 aliphatic carbocycles. The summed E-state index contributed by atoms with van der Waals surface area (Å²) in [6.45, 7) is 3.91. The number of rotatable bonds is 6. The lowest BCUT2D eigenvalue weighted by Gasteiger charge is -2.13. The maximum absolute atomic E-state index is 12.0. The van der Waals surface area contributed by atoms with Gasteiger partial charge in [0, 0.05) is 17.5 Å². The van der Waals surface area contributed by atoms with Crippen molar-refractivity contribution in [2.24, 2.45) is 0 Å². The van der Waals surface area contributed by atoms with Gasteiger partial charge < -0.3 is 5.73 Å². The van der Waals surface area contributed by atoms with Gasteiger partial charge in [-0.05, 0) is 36.9 Å². The van der Waals surface area contributed by atoms with Crippen LogP contribution >= 0.6 is 11.8 Å². The minimum Gasteiger partial charge on any atom is -0.399 e. The van der Waals surface area contributed by atoms with Crippen LogP contribution in [0.4, 0.5) is 5.69 Å². The maximum Gasteiger partial charge on any atom is 0.240 e. The van der Waals surface area contributed by atoms with E-state index in [4.69, 9.17) is 5.73 Å². The number of nitrogen functional groups attached to an aromatic ring is 1. The Morgan fingerprint density at radius 3 is 2.47 bits per heavy atom. The maximum atomic E-state index is 12.0. The molecule has 1 rings (SSSR count). The lowest BCUT2D eigenvalue weighted by Crippen LogP contribution is -2.34. The summed E-state index contributed by atoms with van der Waals surface area (Å²) in [7, 11) is -3.43. The Morgan fingerprint density at radius 1 is 1.35 bits per heavy atom. The van der Waals surface area contributed by atoms with Gasteiger partial charge in [0.15, 0.2) is 0 Å². The Balaban J connectivity index is 2.71. The van der Waals surface area contributed by atoms with E-state index in [1.165, 1.54) is 12.1 Å². The average Bonchev–Trinajstić information content (AvgIpc) is 2.26. The summed E-state index contributed by atoms with van der Waals surface area (Å²) in [5.74, 6) is 1.75. The van der Waals surface area contributed by atoms with Crippen molar-refractivity contribution in [2.75, 3.05) is 17.2 Å². The van der Waals surface area contributed by atoms with Crippen LogP contribution in [0.1, 0.15) is 13.8 Å². The molecule has 0 fully saturated rings. The van der Waals surface area contributed by atoms with Gasteiger partial charge in [-0.3, -0.25) is 0 Å². The molecule has 1 atom stereocenters. The highest BCUT2D eigenvalue weighted by molar-refractivity contribution is 7.99. The molecule has 4 nitrogen and oxygen atoms in total. The van der Waals surface area contributed by atoms with Gasteiger partial charge in [-0.2, -0.15) is 11.8 Å². The third-order valence-corrected chi connectivity index (χ3v) is 4.87. The molecule has 0 aliphatic rings. The van der Waals surface area contributed by atoms with Gasteiger partial charge in [-0.25, -0.2) is 13.1 Å². The van der Waals surface area contributed by atoms with Crippen LogP contribution < -0.4 is 10.5 Å². The van der Waals surface area contributed by atoms with E-state index in [2.05, 4.69) is 4.72 Å². The molecule has 0 aliphatic heterocycles. The van der Waals surface area contributed by atoms with Gasteiger partial charge in [0.1, 0.15) is 0 Å². The average molecular weight is 274 g/mol. The molecule has 0 spiro atoms. The van der Waals surface area contributed by atoms with Crippen molar-refractivity contribution < 1.29 is 8.42 Å². The first-order valence-corrected chi connectivity index (χ1v) is 8.05. The minimum atomic E-state index is -3.43. The molecule has 1 unspecified atom stereocenters. The monoisotopic (exact) mass is 274 g/mol. The van der Waals surface area contributed by atoms with Gasteiger partial charge in [0.05, 0.1) is 4.90 Å². The first-order valence-electron chi connectivity index (χ1n) is 5.41.